The highest BCUT2D eigenvalue weighted by Crippen LogP contribution is 2.25. The van der Waals surface area contributed by atoms with Crippen LogP contribution in [0, 0.1) is 5.92 Å². The Morgan fingerprint density at radius 1 is 1.07 bits per heavy atom. The molecule has 1 heterocycles. The fourth-order valence-electron chi connectivity index (χ4n) is 3.32. The largest absolute Gasteiger partial charge is 0.460 e. The van der Waals surface area contributed by atoms with E-state index in [4.69, 9.17) is 9.47 Å². The van der Waals surface area contributed by atoms with Gasteiger partial charge in [0.25, 0.3) is 0 Å². The van der Waals surface area contributed by atoms with E-state index in [1.54, 1.807) is 55.4 Å². The van der Waals surface area contributed by atoms with E-state index in [0.717, 1.165) is 0 Å². The standard InChI is InChI=1S/C21H38N2O7/c1-12(2)16(22-19(28)30-21(6,7)8)18(27)23-10-9-13(24)17(23)14(25)11-15(26)29-20(3,4)5/h12-14,16-17,24-25H,9-11H2,1-8H3,(H,22,28). The Morgan fingerprint density at radius 2 is 1.60 bits per heavy atom. The highest BCUT2D eigenvalue weighted by molar-refractivity contribution is 5.86. The van der Waals surface area contributed by atoms with Gasteiger partial charge in [0.1, 0.15) is 17.2 Å². The number of hydrogen-bond donors (Lipinski definition) is 3. The van der Waals surface area contributed by atoms with Crippen LogP contribution < -0.4 is 5.32 Å². The molecule has 0 aliphatic carbocycles. The molecule has 1 rings (SSSR count). The topological polar surface area (TPSA) is 125 Å². The molecule has 1 saturated heterocycles. The van der Waals surface area contributed by atoms with Crippen LogP contribution in [0.15, 0.2) is 0 Å². The molecule has 4 atom stereocenters. The Bertz CT molecular complexity index is 622. The number of carbonyl (C=O) groups is 3. The zero-order valence-corrected chi connectivity index (χ0v) is 19.4. The molecule has 0 saturated carbocycles. The van der Waals surface area contributed by atoms with Crippen molar-refractivity contribution in [2.75, 3.05) is 6.54 Å². The van der Waals surface area contributed by atoms with E-state index in [2.05, 4.69) is 5.32 Å². The van der Waals surface area contributed by atoms with Crippen LogP contribution in [0.4, 0.5) is 4.79 Å². The summed E-state index contributed by atoms with van der Waals surface area (Å²) in [5, 5.41) is 23.5. The molecule has 30 heavy (non-hydrogen) atoms. The normalized spacial score (nSPS) is 21.9. The number of nitrogens with zero attached hydrogens (tertiary/aromatic N) is 1. The van der Waals surface area contributed by atoms with Gasteiger partial charge >= 0.3 is 12.1 Å². The number of esters is 1. The lowest BCUT2D eigenvalue weighted by atomic mass is 9.99. The summed E-state index contributed by atoms with van der Waals surface area (Å²) >= 11 is 0. The van der Waals surface area contributed by atoms with E-state index in [0.29, 0.717) is 0 Å². The fraction of sp³-hybridized carbons (Fsp3) is 0.857. The van der Waals surface area contributed by atoms with Crippen LogP contribution in [-0.2, 0) is 19.1 Å². The van der Waals surface area contributed by atoms with Crippen molar-refractivity contribution in [1.29, 1.82) is 0 Å². The summed E-state index contributed by atoms with van der Waals surface area (Å²) in [5.74, 6) is -1.32. The van der Waals surface area contributed by atoms with Crippen molar-refractivity contribution in [3.63, 3.8) is 0 Å². The minimum atomic E-state index is -1.30. The maximum atomic E-state index is 13.2. The average Bonchev–Trinajstić information content (AvgIpc) is 2.89. The lowest BCUT2D eigenvalue weighted by Crippen LogP contribution is -2.56. The van der Waals surface area contributed by atoms with Gasteiger partial charge in [-0.2, -0.15) is 0 Å². The van der Waals surface area contributed by atoms with Gasteiger partial charge in [0.2, 0.25) is 5.91 Å². The molecule has 1 aliphatic rings. The number of likely N-dealkylation sites (tertiary alicyclic amines) is 1. The quantitative estimate of drug-likeness (QED) is 0.546. The summed E-state index contributed by atoms with van der Waals surface area (Å²) < 4.78 is 10.5. The molecule has 9 nitrogen and oxygen atoms in total. The molecule has 0 aromatic carbocycles. The van der Waals surface area contributed by atoms with Crippen molar-refractivity contribution in [2.45, 2.75) is 104 Å². The molecule has 0 aromatic rings. The Kier molecular flexibility index (Phi) is 8.69. The van der Waals surface area contributed by atoms with Crippen LogP contribution in [0.1, 0.15) is 68.2 Å². The van der Waals surface area contributed by atoms with Crippen molar-refractivity contribution in [1.82, 2.24) is 10.2 Å². The lowest BCUT2D eigenvalue weighted by molar-refractivity contribution is -0.159. The van der Waals surface area contributed by atoms with Crippen molar-refractivity contribution >= 4 is 18.0 Å². The predicted octanol–water partition coefficient (Wildman–Crippen LogP) is 1.59. The van der Waals surface area contributed by atoms with Crippen molar-refractivity contribution in [2.24, 2.45) is 5.92 Å². The minimum Gasteiger partial charge on any atom is -0.460 e. The molecule has 4 unspecified atom stereocenters. The Morgan fingerprint density at radius 3 is 2.07 bits per heavy atom. The molecule has 0 radical (unpaired) electrons. The van der Waals surface area contributed by atoms with Gasteiger partial charge in [-0.25, -0.2) is 4.79 Å². The van der Waals surface area contributed by atoms with E-state index in [1.165, 1.54) is 4.90 Å². The number of hydrogen-bond acceptors (Lipinski definition) is 7. The maximum Gasteiger partial charge on any atom is 0.408 e. The van der Waals surface area contributed by atoms with Crippen molar-refractivity contribution in [3.8, 4) is 0 Å². The SMILES string of the molecule is CC(C)C(NC(=O)OC(C)(C)C)C(=O)N1CCC(O)C1C(O)CC(=O)OC(C)(C)C. The van der Waals surface area contributed by atoms with Crippen molar-refractivity contribution < 1.29 is 34.1 Å². The first-order chi connectivity index (χ1) is 13.5. The van der Waals surface area contributed by atoms with E-state index in [9.17, 15) is 24.6 Å². The highest BCUT2D eigenvalue weighted by atomic mass is 16.6. The monoisotopic (exact) mass is 430 g/mol. The second kappa shape index (κ2) is 9.96. The van der Waals surface area contributed by atoms with Crippen LogP contribution in [0.2, 0.25) is 0 Å². The number of alkyl carbamates (subject to hydrolysis) is 1. The third kappa shape index (κ3) is 8.10. The number of aliphatic hydroxyl groups excluding tert-OH is 2. The first kappa shape index (κ1) is 26.2. The van der Waals surface area contributed by atoms with E-state index < -0.39 is 53.5 Å². The maximum absolute atomic E-state index is 13.2. The van der Waals surface area contributed by atoms with Gasteiger partial charge in [-0.1, -0.05) is 13.8 Å². The van der Waals surface area contributed by atoms with E-state index >= 15 is 0 Å². The Hall–Kier alpha value is -1.87. The second-order valence-electron chi connectivity index (χ2n) is 10.1. The first-order valence-electron chi connectivity index (χ1n) is 10.4. The molecule has 0 spiro atoms. The molecule has 3 N–H and O–H groups in total. The Labute approximate surface area is 179 Å². The summed E-state index contributed by atoms with van der Waals surface area (Å²) in [6.45, 7) is 14.1. The minimum absolute atomic E-state index is 0.204. The average molecular weight is 431 g/mol. The molecule has 1 aliphatic heterocycles. The van der Waals surface area contributed by atoms with Crippen molar-refractivity contribution in [3.05, 3.63) is 0 Å². The number of rotatable bonds is 6. The third-order valence-corrected chi connectivity index (χ3v) is 4.50. The smallest absolute Gasteiger partial charge is 0.408 e. The number of amides is 2. The predicted molar refractivity (Wildman–Crippen MR) is 111 cm³/mol. The number of aliphatic hydroxyl groups is 2. The van der Waals surface area contributed by atoms with Crippen LogP contribution in [-0.4, -0.2) is 75.1 Å². The second-order valence-corrected chi connectivity index (χ2v) is 10.1. The van der Waals surface area contributed by atoms with Crippen LogP contribution in [0.5, 0.6) is 0 Å². The van der Waals surface area contributed by atoms with Gasteiger partial charge < -0.3 is 29.9 Å². The Balaban J connectivity index is 2.92. The van der Waals surface area contributed by atoms with E-state index in [1.807, 2.05) is 0 Å². The zero-order chi connectivity index (χ0) is 23.4. The lowest BCUT2D eigenvalue weighted by Gasteiger charge is -2.34. The van der Waals surface area contributed by atoms with Gasteiger partial charge in [-0.3, -0.25) is 9.59 Å². The number of carbonyl (C=O) groups excluding carboxylic acids is 3. The fourth-order valence-corrected chi connectivity index (χ4v) is 3.32. The summed E-state index contributed by atoms with van der Waals surface area (Å²) in [4.78, 5) is 38.8. The third-order valence-electron chi connectivity index (χ3n) is 4.50. The molecule has 2 amide bonds. The number of ether oxygens (including phenoxy) is 2. The highest BCUT2D eigenvalue weighted by Gasteiger charge is 2.44. The summed E-state index contributed by atoms with van der Waals surface area (Å²) in [7, 11) is 0. The molecular formula is C21H38N2O7. The summed E-state index contributed by atoms with van der Waals surface area (Å²) in [6.07, 6.45) is -3.09. The molecule has 1 fully saturated rings. The van der Waals surface area contributed by atoms with Crippen LogP contribution in [0.25, 0.3) is 0 Å². The zero-order valence-electron chi connectivity index (χ0n) is 19.4. The molecule has 0 aromatic heterocycles. The van der Waals surface area contributed by atoms with Crippen LogP contribution in [0.3, 0.4) is 0 Å². The van der Waals surface area contributed by atoms with Gasteiger partial charge in [-0.05, 0) is 53.9 Å². The number of nitrogens with one attached hydrogen (secondary N) is 1. The molecule has 0 bridgehead atoms. The van der Waals surface area contributed by atoms with Gasteiger partial charge in [0, 0.05) is 6.54 Å². The molecular weight excluding hydrogens is 392 g/mol. The first-order valence-corrected chi connectivity index (χ1v) is 10.4. The van der Waals surface area contributed by atoms with E-state index in [-0.39, 0.29) is 25.3 Å². The summed E-state index contributed by atoms with van der Waals surface area (Å²) in [5.41, 5.74) is -1.43. The molecule has 9 heteroatoms. The summed E-state index contributed by atoms with van der Waals surface area (Å²) in [6, 6.07) is -1.87. The van der Waals surface area contributed by atoms with Gasteiger partial charge in [0.05, 0.1) is 24.7 Å². The molecule has 174 valence electrons. The van der Waals surface area contributed by atoms with Gasteiger partial charge in [0.15, 0.2) is 0 Å². The van der Waals surface area contributed by atoms with Gasteiger partial charge in [-0.15, -0.1) is 0 Å². The van der Waals surface area contributed by atoms with Crippen LogP contribution >= 0.6 is 0 Å².